The molecule has 1 aliphatic rings. The number of piperazine rings is 1. The molecule has 1 heterocycles. The van der Waals surface area contributed by atoms with E-state index in [2.05, 4.69) is 16.3 Å². The third kappa shape index (κ3) is 3.63. The normalized spacial score (nSPS) is 17.2. The molecule has 2 N–H and O–H groups in total. The third-order valence-corrected chi connectivity index (χ3v) is 3.95. The lowest BCUT2D eigenvalue weighted by Gasteiger charge is -2.27. The van der Waals surface area contributed by atoms with Crippen LogP contribution in [0, 0.1) is 0 Å². The highest BCUT2D eigenvalue weighted by molar-refractivity contribution is 7.98. The number of hydrogen-bond donors (Lipinski definition) is 2. The van der Waals surface area contributed by atoms with E-state index in [1.165, 1.54) is 5.56 Å². The van der Waals surface area contributed by atoms with Crippen LogP contribution in [0.5, 0.6) is 5.75 Å². The number of rotatable bonds is 4. The van der Waals surface area contributed by atoms with Gasteiger partial charge in [0.05, 0.1) is 0 Å². The quantitative estimate of drug-likeness (QED) is 0.797. The summed E-state index contributed by atoms with van der Waals surface area (Å²) in [5.74, 6) is 0.412. The van der Waals surface area contributed by atoms with Gasteiger partial charge in [0.25, 0.3) is 0 Å². The standard InChI is InChI=1S/C13H20N2OS/c1-17-13-3-2-11(10-12(13)16)4-7-15-8-5-14-6-9-15/h2-3,10,14,16H,4-9H2,1H3. The minimum Gasteiger partial charge on any atom is -0.507 e. The van der Waals surface area contributed by atoms with E-state index < -0.39 is 0 Å². The molecule has 0 radical (unpaired) electrons. The molecule has 3 nitrogen and oxygen atoms in total. The first kappa shape index (κ1) is 12.7. The molecule has 0 aliphatic carbocycles. The molecule has 1 fully saturated rings. The van der Waals surface area contributed by atoms with Gasteiger partial charge in [-0.25, -0.2) is 0 Å². The fourth-order valence-electron chi connectivity index (χ4n) is 2.11. The average molecular weight is 252 g/mol. The first-order chi connectivity index (χ1) is 8.29. The Morgan fingerprint density at radius 2 is 2.12 bits per heavy atom. The van der Waals surface area contributed by atoms with Crippen molar-refractivity contribution in [2.75, 3.05) is 39.0 Å². The van der Waals surface area contributed by atoms with Crippen molar-refractivity contribution < 1.29 is 5.11 Å². The molecule has 1 aromatic rings. The number of phenols is 1. The fraction of sp³-hybridized carbons (Fsp3) is 0.538. The van der Waals surface area contributed by atoms with E-state index >= 15 is 0 Å². The van der Waals surface area contributed by atoms with Gasteiger partial charge in [0.1, 0.15) is 5.75 Å². The molecule has 0 bridgehead atoms. The minimum absolute atomic E-state index is 0.412. The molecule has 1 aliphatic heterocycles. The first-order valence-electron chi connectivity index (χ1n) is 6.08. The van der Waals surface area contributed by atoms with Gasteiger partial charge in [-0.2, -0.15) is 0 Å². The minimum atomic E-state index is 0.412. The third-order valence-electron chi connectivity index (χ3n) is 3.17. The Hall–Kier alpha value is -0.710. The molecule has 0 amide bonds. The Morgan fingerprint density at radius 1 is 1.35 bits per heavy atom. The van der Waals surface area contributed by atoms with Crippen LogP contribution < -0.4 is 5.32 Å². The van der Waals surface area contributed by atoms with Gasteiger partial charge in [-0.3, -0.25) is 0 Å². The smallest absolute Gasteiger partial charge is 0.129 e. The number of thioether (sulfide) groups is 1. The second-order valence-corrected chi connectivity index (χ2v) is 5.20. The Bertz CT molecular complexity index is 364. The predicted octanol–water partition coefficient (Wildman–Crippen LogP) is 1.56. The van der Waals surface area contributed by atoms with Gasteiger partial charge in [0, 0.05) is 37.6 Å². The molecule has 0 aromatic heterocycles. The van der Waals surface area contributed by atoms with Crippen molar-refractivity contribution in [1.29, 1.82) is 0 Å². The summed E-state index contributed by atoms with van der Waals surface area (Å²) in [7, 11) is 0. The average Bonchev–Trinajstić information content (AvgIpc) is 2.38. The van der Waals surface area contributed by atoms with E-state index in [-0.39, 0.29) is 0 Å². The van der Waals surface area contributed by atoms with E-state index in [9.17, 15) is 5.11 Å². The van der Waals surface area contributed by atoms with Crippen molar-refractivity contribution in [3.05, 3.63) is 23.8 Å². The summed E-state index contributed by atoms with van der Waals surface area (Å²) in [6, 6.07) is 6.02. The number of nitrogens with zero attached hydrogens (tertiary/aromatic N) is 1. The Balaban J connectivity index is 1.87. The summed E-state index contributed by atoms with van der Waals surface area (Å²) >= 11 is 1.58. The second kappa shape index (κ2) is 6.28. The van der Waals surface area contributed by atoms with Crippen molar-refractivity contribution in [3.8, 4) is 5.75 Å². The largest absolute Gasteiger partial charge is 0.507 e. The maximum absolute atomic E-state index is 9.78. The molecule has 1 saturated heterocycles. The van der Waals surface area contributed by atoms with Gasteiger partial charge >= 0.3 is 0 Å². The molecular formula is C13H20N2OS. The lowest BCUT2D eigenvalue weighted by molar-refractivity contribution is 0.244. The first-order valence-corrected chi connectivity index (χ1v) is 7.31. The van der Waals surface area contributed by atoms with Crippen LogP contribution in [0.2, 0.25) is 0 Å². The van der Waals surface area contributed by atoms with Crippen molar-refractivity contribution in [1.82, 2.24) is 10.2 Å². The molecule has 0 spiro atoms. The van der Waals surface area contributed by atoms with Crippen molar-refractivity contribution in [2.24, 2.45) is 0 Å². The highest BCUT2D eigenvalue weighted by Gasteiger charge is 2.09. The molecule has 1 aromatic carbocycles. The zero-order valence-corrected chi connectivity index (χ0v) is 11.1. The van der Waals surface area contributed by atoms with Gasteiger partial charge in [0.2, 0.25) is 0 Å². The number of nitrogens with one attached hydrogen (secondary N) is 1. The SMILES string of the molecule is CSc1ccc(CCN2CCNCC2)cc1O. The molecule has 0 atom stereocenters. The van der Waals surface area contributed by atoms with Crippen LogP contribution in [-0.4, -0.2) is 49.0 Å². The van der Waals surface area contributed by atoms with E-state index in [0.717, 1.165) is 44.0 Å². The van der Waals surface area contributed by atoms with E-state index in [0.29, 0.717) is 5.75 Å². The van der Waals surface area contributed by atoms with Crippen molar-refractivity contribution in [2.45, 2.75) is 11.3 Å². The maximum atomic E-state index is 9.78. The number of aromatic hydroxyl groups is 1. The Morgan fingerprint density at radius 3 is 2.76 bits per heavy atom. The van der Waals surface area contributed by atoms with Crippen LogP contribution in [0.1, 0.15) is 5.56 Å². The second-order valence-electron chi connectivity index (χ2n) is 4.35. The van der Waals surface area contributed by atoms with Crippen LogP contribution in [0.25, 0.3) is 0 Å². The summed E-state index contributed by atoms with van der Waals surface area (Å²) < 4.78 is 0. The topological polar surface area (TPSA) is 35.5 Å². The van der Waals surface area contributed by atoms with Gasteiger partial charge in [-0.1, -0.05) is 6.07 Å². The summed E-state index contributed by atoms with van der Waals surface area (Å²) in [5.41, 5.74) is 1.22. The molecule has 0 saturated carbocycles. The summed E-state index contributed by atoms with van der Waals surface area (Å²) in [5, 5.41) is 13.1. The zero-order chi connectivity index (χ0) is 12.1. The van der Waals surface area contributed by atoms with E-state index in [1.807, 2.05) is 18.4 Å². The highest BCUT2D eigenvalue weighted by Crippen LogP contribution is 2.27. The van der Waals surface area contributed by atoms with Crippen LogP contribution in [0.3, 0.4) is 0 Å². The lowest BCUT2D eigenvalue weighted by atomic mass is 10.1. The summed E-state index contributed by atoms with van der Waals surface area (Å²) in [4.78, 5) is 3.42. The summed E-state index contributed by atoms with van der Waals surface area (Å²) in [6.07, 6.45) is 3.00. The molecule has 94 valence electrons. The number of hydrogen-bond acceptors (Lipinski definition) is 4. The fourth-order valence-corrected chi connectivity index (χ4v) is 2.59. The van der Waals surface area contributed by atoms with Crippen molar-refractivity contribution >= 4 is 11.8 Å². The van der Waals surface area contributed by atoms with Gasteiger partial charge in [-0.15, -0.1) is 11.8 Å². The van der Waals surface area contributed by atoms with E-state index in [1.54, 1.807) is 11.8 Å². The molecular weight excluding hydrogens is 232 g/mol. The van der Waals surface area contributed by atoms with Gasteiger partial charge in [-0.05, 0) is 30.4 Å². The molecule has 2 rings (SSSR count). The van der Waals surface area contributed by atoms with Crippen LogP contribution >= 0.6 is 11.8 Å². The molecule has 17 heavy (non-hydrogen) atoms. The predicted molar refractivity (Wildman–Crippen MR) is 72.9 cm³/mol. The molecule has 0 unspecified atom stereocenters. The highest BCUT2D eigenvalue weighted by atomic mass is 32.2. The van der Waals surface area contributed by atoms with Gasteiger partial charge < -0.3 is 15.3 Å². The van der Waals surface area contributed by atoms with Crippen LogP contribution in [-0.2, 0) is 6.42 Å². The van der Waals surface area contributed by atoms with Crippen molar-refractivity contribution in [3.63, 3.8) is 0 Å². The summed E-state index contributed by atoms with van der Waals surface area (Å²) in [6.45, 7) is 5.54. The van der Waals surface area contributed by atoms with Crippen LogP contribution in [0.4, 0.5) is 0 Å². The lowest BCUT2D eigenvalue weighted by Crippen LogP contribution is -2.44. The monoisotopic (exact) mass is 252 g/mol. The zero-order valence-electron chi connectivity index (χ0n) is 10.3. The van der Waals surface area contributed by atoms with E-state index in [4.69, 9.17) is 0 Å². The van der Waals surface area contributed by atoms with Gasteiger partial charge in [0.15, 0.2) is 0 Å². The maximum Gasteiger partial charge on any atom is 0.129 e. The molecule has 4 heteroatoms. The Kier molecular flexibility index (Phi) is 4.71. The number of phenolic OH excluding ortho intramolecular Hbond substituents is 1. The van der Waals surface area contributed by atoms with Crippen LogP contribution in [0.15, 0.2) is 23.1 Å². The number of benzene rings is 1. The Labute approximate surface area is 107 Å².